The standard InChI is InChI=1S/C16H23Cl2NO4/c1-16(2,3)14(21)7-12(8-20)19-15(22)9-23-13-5-10(17)4-11(18)6-13/h4-6,12,14,20-21H,7-9H2,1-3H3,(H,19,22)/t12-,14+/m1/s1. The van der Waals surface area contributed by atoms with Gasteiger partial charge in [0, 0.05) is 10.0 Å². The van der Waals surface area contributed by atoms with Crippen LogP contribution in [0.1, 0.15) is 27.2 Å². The van der Waals surface area contributed by atoms with Crippen LogP contribution in [-0.4, -0.2) is 41.5 Å². The molecule has 0 aromatic heterocycles. The van der Waals surface area contributed by atoms with Gasteiger partial charge in [-0.05, 0) is 30.0 Å². The van der Waals surface area contributed by atoms with Crippen molar-refractivity contribution < 1.29 is 19.7 Å². The first kappa shape index (κ1) is 20.0. The molecular weight excluding hydrogens is 341 g/mol. The summed E-state index contributed by atoms with van der Waals surface area (Å²) in [7, 11) is 0. The number of carbonyl (C=O) groups excluding carboxylic acids is 1. The summed E-state index contributed by atoms with van der Waals surface area (Å²) in [4.78, 5) is 11.9. The van der Waals surface area contributed by atoms with Crippen molar-refractivity contribution in [3.05, 3.63) is 28.2 Å². The third-order valence-corrected chi connectivity index (χ3v) is 3.74. The van der Waals surface area contributed by atoms with Crippen molar-refractivity contribution >= 4 is 29.1 Å². The van der Waals surface area contributed by atoms with Crippen LogP contribution in [0.2, 0.25) is 10.0 Å². The highest BCUT2D eigenvalue weighted by molar-refractivity contribution is 6.34. The maximum atomic E-state index is 11.9. The Morgan fingerprint density at radius 3 is 2.30 bits per heavy atom. The second kappa shape index (κ2) is 8.73. The molecule has 0 aliphatic heterocycles. The lowest BCUT2D eigenvalue weighted by molar-refractivity contribution is -0.124. The normalized spacial score (nSPS) is 14.2. The van der Waals surface area contributed by atoms with Crippen LogP contribution < -0.4 is 10.1 Å². The molecule has 23 heavy (non-hydrogen) atoms. The van der Waals surface area contributed by atoms with E-state index in [1.54, 1.807) is 18.2 Å². The fraction of sp³-hybridized carbons (Fsp3) is 0.562. The summed E-state index contributed by atoms with van der Waals surface area (Å²) < 4.78 is 5.32. The zero-order chi connectivity index (χ0) is 17.6. The molecule has 130 valence electrons. The fourth-order valence-corrected chi connectivity index (χ4v) is 2.34. The lowest BCUT2D eigenvalue weighted by atomic mass is 9.85. The Labute approximate surface area is 146 Å². The fourth-order valence-electron chi connectivity index (χ4n) is 1.83. The molecule has 1 amide bonds. The van der Waals surface area contributed by atoms with Crippen LogP contribution >= 0.6 is 23.2 Å². The first-order chi connectivity index (χ1) is 10.6. The third-order valence-electron chi connectivity index (χ3n) is 3.30. The molecule has 1 aromatic carbocycles. The van der Waals surface area contributed by atoms with E-state index in [2.05, 4.69) is 5.32 Å². The van der Waals surface area contributed by atoms with E-state index in [9.17, 15) is 15.0 Å². The van der Waals surface area contributed by atoms with Gasteiger partial charge in [0.1, 0.15) is 5.75 Å². The second-order valence-electron chi connectivity index (χ2n) is 6.46. The summed E-state index contributed by atoms with van der Waals surface area (Å²) in [6, 6.07) is 4.12. The average Bonchev–Trinajstić information content (AvgIpc) is 2.42. The van der Waals surface area contributed by atoms with E-state index in [1.807, 2.05) is 20.8 Å². The number of amides is 1. The first-order valence-electron chi connectivity index (χ1n) is 7.29. The van der Waals surface area contributed by atoms with Crippen molar-refractivity contribution in [3.63, 3.8) is 0 Å². The minimum absolute atomic E-state index is 0.237. The van der Waals surface area contributed by atoms with Crippen molar-refractivity contribution in [2.45, 2.75) is 39.3 Å². The first-order valence-corrected chi connectivity index (χ1v) is 8.04. The van der Waals surface area contributed by atoms with E-state index in [0.717, 1.165) is 0 Å². The number of aliphatic hydroxyl groups excluding tert-OH is 2. The van der Waals surface area contributed by atoms with Gasteiger partial charge in [-0.2, -0.15) is 0 Å². The molecule has 1 aromatic rings. The topological polar surface area (TPSA) is 78.8 Å². The summed E-state index contributed by atoms with van der Waals surface area (Å²) >= 11 is 11.7. The molecule has 0 radical (unpaired) electrons. The van der Waals surface area contributed by atoms with E-state index in [4.69, 9.17) is 27.9 Å². The lowest BCUT2D eigenvalue weighted by Crippen LogP contribution is -2.44. The Morgan fingerprint density at radius 1 is 1.26 bits per heavy atom. The zero-order valence-electron chi connectivity index (χ0n) is 13.5. The van der Waals surface area contributed by atoms with Gasteiger partial charge in [0.05, 0.1) is 18.8 Å². The largest absolute Gasteiger partial charge is 0.484 e. The Bertz CT molecular complexity index is 511. The van der Waals surface area contributed by atoms with Crippen LogP contribution in [0.4, 0.5) is 0 Å². The molecule has 0 aliphatic rings. The van der Waals surface area contributed by atoms with Gasteiger partial charge in [-0.3, -0.25) is 4.79 Å². The molecule has 0 spiro atoms. The van der Waals surface area contributed by atoms with Crippen molar-refractivity contribution in [1.29, 1.82) is 0 Å². The van der Waals surface area contributed by atoms with Crippen molar-refractivity contribution in [1.82, 2.24) is 5.32 Å². The van der Waals surface area contributed by atoms with Crippen LogP contribution in [0.5, 0.6) is 5.75 Å². The van der Waals surface area contributed by atoms with Gasteiger partial charge >= 0.3 is 0 Å². The predicted octanol–water partition coefficient (Wildman–Crippen LogP) is 2.65. The van der Waals surface area contributed by atoms with Crippen LogP contribution in [0, 0.1) is 5.41 Å². The summed E-state index contributed by atoms with van der Waals surface area (Å²) in [5.74, 6) is -0.0193. The van der Waals surface area contributed by atoms with Crippen LogP contribution in [-0.2, 0) is 4.79 Å². The molecule has 0 saturated carbocycles. The van der Waals surface area contributed by atoms with Crippen LogP contribution in [0.15, 0.2) is 18.2 Å². The lowest BCUT2D eigenvalue weighted by Gasteiger charge is -2.29. The van der Waals surface area contributed by atoms with Gasteiger partial charge in [-0.1, -0.05) is 44.0 Å². The smallest absolute Gasteiger partial charge is 0.258 e. The molecule has 0 saturated heterocycles. The van der Waals surface area contributed by atoms with Gasteiger partial charge in [0.15, 0.2) is 6.61 Å². The van der Waals surface area contributed by atoms with Crippen LogP contribution in [0.3, 0.4) is 0 Å². The minimum Gasteiger partial charge on any atom is -0.484 e. The molecule has 7 heteroatoms. The van der Waals surface area contributed by atoms with E-state index in [1.165, 1.54) is 0 Å². The highest BCUT2D eigenvalue weighted by Gasteiger charge is 2.26. The van der Waals surface area contributed by atoms with Crippen LogP contribution in [0.25, 0.3) is 0 Å². The SMILES string of the molecule is CC(C)(C)[C@@H](O)C[C@H](CO)NC(=O)COc1cc(Cl)cc(Cl)c1. The maximum absolute atomic E-state index is 11.9. The number of benzene rings is 1. The number of rotatable bonds is 7. The Morgan fingerprint density at radius 2 is 1.83 bits per heavy atom. The predicted molar refractivity (Wildman–Crippen MR) is 91.1 cm³/mol. The molecule has 0 unspecified atom stereocenters. The van der Waals surface area contributed by atoms with E-state index < -0.39 is 18.1 Å². The van der Waals surface area contributed by atoms with Gasteiger partial charge < -0.3 is 20.3 Å². The van der Waals surface area contributed by atoms with Gasteiger partial charge in [-0.15, -0.1) is 0 Å². The quantitative estimate of drug-likeness (QED) is 0.695. The summed E-state index contributed by atoms with van der Waals surface area (Å²) in [6.07, 6.45) is -0.387. The summed E-state index contributed by atoms with van der Waals surface area (Å²) in [5.41, 5.74) is -0.327. The Balaban J connectivity index is 2.50. The van der Waals surface area contributed by atoms with Crippen molar-refractivity contribution in [2.24, 2.45) is 5.41 Å². The van der Waals surface area contributed by atoms with Gasteiger partial charge in [0.25, 0.3) is 5.91 Å². The minimum atomic E-state index is -0.646. The Kier molecular flexibility index (Phi) is 7.61. The van der Waals surface area contributed by atoms with Crippen molar-refractivity contribution in [3.8, 4) is 5.75 Å². The third kappa shape index (κ3) is 7.40. The average molecular weight is 364 g/mol. The van der Waals surface area contributed by atoms with Gasteiger partial charge in [0.2, 0.25) is 0 Å². The number of hydrogen-bond acceptors (Lipinski definition) is 4. The monoisotopic (exact) mass is 363 g/mol. The highest BCUT2D eigenvalue weighted by Crippen LogP contribution is 2.24. The molecular formula is C16H23Cl2NO4. The second-order valence-corrected chi connectivity index (χ2v) is 7.33. The number of halogens is 2. The molecule has 3 N–H and O–H groups in total. The van der Waals surface area contributed by atoms with E-state index in [-0.39, 0.29) is 25.0 Å². The summed E-state index contributed by atoms with van der Waals surface area (Å²) in [5, 5.41) is 22.8. The molecule has 1 rings (SSSR count). The van der Waals surface area contributed by atoms with E-state index in [0.29, 0.717) is 15.8 Å². The zero-order valence-corrected chi connectivity index (χ0v) is 15.0. The maximum Gasteiger partial charge on any atom is 0.258 e. The molecule has 0 aliphatic carbocycles. The van der Waals surface area contributed by atoms with E-state index >= 15 is 0 Å². The van der Waals surface area contributed by atoms with Gasteiger partial charge in [-0.25, -0.2) is 0 Å². The number of ether oxygens (including phenoxy) is 1. The Hall–Kier alpha value is -1.01. The molecule has 0 bridgehead atoms. The number of carbonyl (C=O) groups is 1. The molecule has 5 nitrogen and oxygen atoms in total. The molecule has 0 fully saturated rings. The number of hydrogen-bond donors (Lipinski definition) is 3. The molecule has 0 heterocycles. The number of aliphatic hydroxyl groups is 2. The highest BCUT2D eigenvalue weighted by atomic mass is 35.5. The summed E-state index contributed by atoms with van der Waals surface area (Å²) in [6.45, 7) is 5.17. The molecule has 2 atom stereocenters. The van der Waals surface area contributed by atoms with Crippen molar-refractivity contribution in [2.75, 3.05) is 13.2 Å². The number of nitrogens with one attached hydrogen (secondary N) is 1.